The van der Waals surface area contributed by atoms with Crippen LogP contribution in [0, 0.1) is 5.82 Å². The fraction of sp³-hybridized carbons (Fsp3) is 0.455. The van der Waals surface area contributed by atoms with Crippen LogP contribution in [0.15, 0.2) is 22.7 Å². The van der Waals surface area contributed by atoms with Crippen molar-refractivity contribution in [3.63, 3.8) is 0 Å². The minimum atomic E-state index is -0.247. The molecule has 0 unspecified atom stereocenters. The van der Waals surface area contributed by atoms with E-state index in [-0.39, 0.29) is 11.9 Å². The Labute approximate surface area is 96.8 Å². The molecule has 1 aromatic carbocycles. The number of nitrogens with zero attached hydrogens (tertiary/aromatic N) is 1. The number of halogens is 2. The minimum absolute atomic E-state index is 0.189. The third-order valence-electron chi connectivity index (χ3n) is 2.66. The highest BCUT2D eigenvalue weighted by molar-refractivity contribution is 9.10. The molecule has 0 radical (unpaired) electrons. The summed E-state index contributed by atoms with van der Waals surface area (Å²) in [6, 6.07) is 5.09. The number of rotatable bonds is 2. The predicted octanol–water partition coefficient (Wildman–Crippen LogP) is 2.15. The van der Waals surface area contributed by atoms with Crippen molar-refractivity contribution in [3.05, 3.63) is 34.1 Å². The second-order valence-corrected chi connectivity index (χ2v) is 4.83. The second-order valence-electron chi connectivity index (χ2n) is 3.91. The maximum absolute atomic E-state index is 13.5. The molecule has 1 saturated heterocycles. The lowest BCUT2D eigenvalue weighted by Gasteiger charge is -2.15. The summed E-state index contributed by atoms with van der Waals surface area (Å²) in [7, 11) is 0. The SMILES string of the molecule is O[C@@H]1CCN(Cc2ccc(Br)cc2F)C1. The van der Waals surface area contributed by atoms with Gasteiger partial charge in [0.1, 0.15) is 5.82 Å². The highest BCUT2D eigenvalue weighted by Gasteiger charge is 2.20. The third kappa shape index (κ3) is 2.77. The van der Waals surface area contributed by atoms with Crippen LogP contribution in [0.5, 0.6) is 0 Å². The highest BCUT2D eigenvalue weighted by atomic mass is 79.9. The summed E-state index contributed by atoms with van der Waals surface area (Å²) in [5, 5.41) is 9.35. The topological polar surface area (TPSA) is 23.5 Å². The molecule has 0 amide bonds. The summed E-state index contributed by atoms with van der Waals surface area (Å²) < 4.78 is 14.2. The maximum atomic E-state index is 13.5. The van der Waals surface area contributed by atoms with Crippen molar-refractivity contribution in [2.45, 2.75) is 19.1 Å². The van der Waals surface area contributed by atoms with Gasteiger partial charge in [-0.15, -0.1) is 0 Å². The standard InChI is InChI=1S/C11H13BrFNO/c12-9-2-1-8(11(13)5-9)6-14-4-3-10(15)7-14/h1-2,5,10,15H,3-4,6-7H2/t10-/m1/s1. The maximum Gasteiger partial charge on any atom is 0.128 e. The summed E-state index contributed by atoms with van der Waals surface area (Å²) in [5.41, 5.74) is 0.687. The van der Waals surface area contributed by atoms with Gasteiger partial charge in [0.15, 0.2) is 0 Å². The van der Waals surface area contributed by atoms with Gasteiger partial charge in [-0.3, -0.25) is 4.90 Å². The molecule has 0 bridgehead atoms. The van der Waals surface area contributed by atoms with E-state index in [1.165, 1.54) is 6.07 Å². The Bertz CT molecular complexity index is 358. The van der Waals surface area contributed by atoms with E-state index in [9.17, 15) is 9.50 Å². The third-order valence-corrected chi connectivity index (χ3v) is 3.15. The molecule has 2 rings (SSSR count). The predicted molar refractivity (Wildman–Crippen MR) is 60.0 cm³/mol. The van der Waals surface area contributed by atoms with E-state index >= 15 is 0 Å². The van der Waals surface area contributed by atoms with Gasteiger partial charge in [0.2, 0.25) is 0 Å². The fourth-order valence-corrected chi connectivity index (χ4v) is 2.18. The normalized spacial score (nSPS) is 22.2. The van der Waals surface area contributed by atoms with E-state index in [0.29, 0.717) is 18.7 Å². The van der Waals surface area contributed by atoms with Gasteiger partial charge in [0.05, 0.1) is 6.10 Å². The molecule has 0 aliphatic carbocycles. The molecule has 0 saturated carbocycles. The first kappa shape index (κ1) is 11.0. The Morgan fingerprint density at radius 2 is 2.33 bits per heavy atom. The molecule has 1 aliphatic heterocycles. The average Bonchev–Trinajstić information content (AvgIpc) is 2.56. The smallest absolute Gasteiger partial charge is 0.128 e. The number of benzene rings is 1. The molecule has 82 valence electrons. The van der Waals surface area contributed by atoms with Gasteiger partial charge in [0.25, 0.3) is 0 Å². The van der Waals surface area contributed by atoms with Crippen molar-refractivity contribution >= 4 is 15.9 Å². The first-order valence-electron chi connectivity index (χ1n) is 4.99. The van der Waals surface area contributed by atoms with E-state index in [2.05, 4.69) is 20.8 Å². The summed E-state index contributed by atoms with van der Waals surface area (Å²) in [6.07, 6.45) is 0.543. The molecular formula is C11H13BrFNO. The van der Waals surface area contributed by atoms with Crippen LogP contribution < -0.4 is 0 Å². The number of aliphatic hydroxyl groups excluding tert-OH is 1. The number of likely N-dealkylation sites (tertiary alicyclic amines) is 1. The van der Waals surface area contributed by atoms with E-state index in [1.807, 2.05) is 6.07 Å². The quantitative estimate of drug-likeness (QED) is 0.893. The molecule has 1 N–H and O–H groups in total. The zero-order valence-corrected chi connectivity index (χ0v) is 9.87. The Morgan fingerprint density at radius 3 is 2.93 bits per heavy atom. The van der Waals surface area contributed by atoms with Crippen molar-refractivity contribution in [2.24, 2.45) is 0 Å². The molecule has 15 heavy (non-hydrogen) atoms. The first-order chi connectivity index (χ1) is 7.15. The molecule has 1 fully saturated rings. The second kappa shape index (κ2) is 4.60. The molecule has 0 spiro atoms. The summed E-state index contributed by atoms with van der Waals surface area (Å²) >= 11 is 3.22. The van der Waals surface area contributed by atoms with Crippen LogP contribution in [0.25, 0.3) is 0 Å². The summed E-state index contributed by atoms with van der Waals surface area (Å²) in [6.45, 7) is 2.07. The van der Waals surface area contributed by atoms with Crippen LogP contribution in [0.2, 0.25) is 0 Å². The van der Waals surface area contributed by atoms with Crippen LogP contribution >= 0.6 is 15.9 Å². The largest absolute Gasteiger partial charge is 0.392 e. The molecule has 4 heteroatoms. The van der Waals surface area contributed by atoms with Gasteiger partial charge in [-0.05, 0) is 18.6 Å². The zero-order chi connectivity index (χ0) is 10.8. The van der Waals surface area contributed by atoms with E-state index in [0.717, 1.165) is 17.4 Å². The lowest BCUT2D eigenvalue weighted by molar-refractivity contribution is 0.174. The zero-order valence-electron chi connectivity index (χ0n) is 8.29. The molecule has 1 atom stereocenters. The number of hydrogen-bond acceptors (Lipinski definition) is 2. The van der Waals surface area contributed by atoms with Crippen molar-refractivity contribution < 1.29 is 9.50 Å². The molecule has 1 heterocycles. The van der Waals surface area contributed by atoms with Crippen molar-refractivity contribution in [3.8, 4) is 0 Å². The first-order valence-corrected chi connectivity index (χ1v) is 5.79. The van der Waals surface area contributed by atoms with Gasteiger partial charge >= 0.3 is 0 Å². The Hall–Kier alpha value is -0.450. The molecule has 1 aromatic rings. The Kier molecular flexibility index (Phi) is 3.38. The minimum Gasteiger partial charge on any atom is -0.392 e. The van der Waals surface area contributed by atoms with Crippen LogP contribution in [-0.2, 0) is 6.54 Å². The summed E-state index contributed by atoms with van der Waals surface area (Å²) in [4.78, 5) is 2.07. The van der Waals surface area contributed by atoms with Crippen LogP contribution in [0.1, 0.15) is 12.0 Å². The Morgan fingerprint density at radius 1 is 1.53 bits per heavy atom. The lowest BCUT2D eigenvalue weighted by Crippen LogP contribution is -2.22. The molecular weight excluding hydrogens is 261 g/mol. The lowest BCUT2D eigenvalue weighted by atomic mass is 10.2. The number of hydrogen-bond donors (Lipinski definition) is 1. The van der Waals surface area contributed by atoms with Gasteiger partial charge < -0.3 is 5.11 Å². The van der Waals surface area contributed by atoms with Crippen LogP contribution in [0.4, 0.5) is 4.39 Å². The number of aliphatic hydroxyl groups is 1. The van der Waals surface area contributed by atoms with E-state index in [4.69, 9.17) is 0 Å². The van der Waals surface area contributed by atoms with Gasteiger partial charge in [0, 0.05) is 29.7 Å². The monoisotopic (exact) mass is 273 g/mol. The number of β-amino-alcohol motifs (C(OH)–C–C–N with tert-alkyl or cyclic N) is 1. The van der Waals surface area contributed by atoms with Crippen LogP contribution in [-0.4, -0.2) is 29.2 Å². The van der Waals surface area contributed by atoms with Gasteiger partial charge in [-0.25, -0.2) is 4.39 Å². The van der Waals surface area contributed by atoms with E-state index in [1.54, 1.807) is 6.07 Å². The average molecular weight is 274 g/mol. The summed E-state index contributed by atoms with van der Waals surface area (Å²) in [5.74, 6) is -0.189. The van der Waals surface area contributed by atoms with Crippen molar-refractivity contribution in [2.75, 3.05) is 13.1 Å². The molecule has 0 aromatic heterocycles. The van der Waals surface area contributed by atoms with Crippen molar-refractivity contribution in [1.82, 2.24) is 4.90 Å². The van der Waals surface area contributed by atoms with Gasteiger partial charge in [-0.1, -0.05) is 22.0 Å². The highest BCUT2D eigenvalue weighted by Crippen LogP contribution is 2.19. The van der Waals surface area contributed by atoms with Gasteiger partial charge in [-0.2, -0.15) is 0 Å². The van der Waals surface area contributed by atoms with E-state index < -0.39 is 0 Å². The Balaban J connectivity index is 2.04. The fourth-order valence-electron chi connectivity index (χ4n) is 1.85. The van der Waals surface area contributed by atoms with Crippen molar-refractivity contribution in [1.29, 1.82) is 0 Å². The van der Waals surface area contributed by atoms with Crippen LogP contribution in [0.3, 0.4) is 0 Å². The molecule has 2 nitrogen and oxygen atoms in total. The molecule has 1 aliphatic rings.